The van der Waals surface area contributed by atoms with Crippen LogP contribution in [0.1, 0.15) is 19.4 Å². The van der Waals surface area contributed by atoms with E-state index in [0.29, 0.717) is 0 Å². The van der Waals surface area contributed by atoms with Gasteiger partial charge in [-0.2, -0.15) is 0 Å². The van der Waals surface area contributed by atoms with E-state index in [4.69, 9.17) is 6.42 Å². The van der Waals surface area contributed by atoms with Gasteiger partial charge in [-0.15, -0.1) is 6.42 Å². The predicted octanol–water partition coefficient (Wildman–Crippen LogP) is 2.68. The average Bonchev–Trinajstić information content (AvgIpc) is 2.18. The van der Waals surface area contributed by atoms with Gasteiger partial charge >= 0.3 is 0 Å². The molecule has 0 aliphatic heterocycles. The van der Waals surface area contributed by atoms with Gasteiger partial charge in [0.1, 0.15) is 0 Å². The third-order valence-corrected chi connectivity index (χ3v) is 2.02. The number of terminal acetylenes is 1. The molecule has 13 heavy (non-hydrogen) atoms. The number of rotatable bonds is 3. The zero-order valence-corrected chi connectivity index (χ0v) is 8.17. The quantitative estimate of drug-likeness (QED) is 0.693. The number of aryl methyl sites for hydroxylation is 1. The molecule has 0 saturated carbocycles. The first-order valence-corrected chi connectivity index (χ1v) is 4.58. The van der Waals surface area contributed by atoms with Crippen LogP contribution in [0.15, 0.2) is 24.3 Å². The van der Waals surface area contributed by atoms with Crippen LogP contribution in [0.4, 0.5) is 5.69 Å². The van der Waals surface area contributed by atoms with Gasteiger partial charge in [-0.25, -0.2) is 0 Å². The average molecular weight is 173 g/mol. The largest absolute Gasteiger partial charge is 0.372 e. The molecule has 1 atom stereocenters. The summed E-state index contributed by atoms with van der Waals surface area (Å²) in [7, 11) is 0. The molecule has 0 spiro atoms. The molecular formula is C12H15N. The molecule has 0 fully saturated rings. The molecule has 68 valence electrons. The van der Waals surface area contributed by atoms with E-state index in [1.54, 1.807) is 0 Å². The molecule has 0 aliphatic rings. The van der Waals surface area contributed by atoms with Gasteiger partial charge in [0.15, 0.2) is 0 Å². The molecule has 1 aromatic rings. The predicted molar refractivity (Wildman–Crippen MR) is 57.7 cm³/mol. The van der Waals surface area contributed by atoms with E-state index in [1.165, 1.54) is 5.56 Å². The van der Waals surface area contributed by atoms with Crippen LogP contribution in [0.5, 0.6) is 0 Å². The standard InChI is InChI=1S/C12H15N/c1-4-10(3)13-12-9-7-6-8-11(12)5-2/h1,6-10,13H,5H2,2-3H3. The third-order valence-electron chi connectivity index (χ3n) is 2.02. The molecule has 0 heterocycles. The summed E-state index contributed by atoms with van der Waals surface area (Å²) in [6.45, 7) is 4.12. The highest BCUT2D eigenvalue weighted by molar-refractivity contribution is 5.52. The van der Waals surface area contributed by atoms with Crippen molar-refractivity contribution in [1.29, 1.82) is 0 Å². The topological polar surface area (TPSA) is 12.0 Å². The second-order valence-corrected chi connectivity index (χ2v) is 3.04. The van der Waals surface area contributed by atoms with E-state index in [0.717, 1.165) is 12.1 Å². The van der Waals surface area contributed by atoms with E-state index in [1.807, 2.05) is 19.1 Å². The molecule has 1 rings (SSSR count). The van der Waals surface area contributed by atoms with Crippen molar-refractivity contribution in [3.8, 4) is 12.3 Å². The summed E-state index contributed by atoms with van der Waals surface area (Å²) >= 11 is 0. The first-order chi connectivity index (χ1) is 6.27. The lowest BCUT2D eigenvalue weighted by atomic mass is 10.1. The Labute approximate surface area is 80.2 Å². The molecule has 1 aromatic carbocycles. The van der Waals surface area contributed by atoms with Gasteiger partial charge in [0.25, 0.3) is 0 Å². The summed E-state index contributed by atoms with van der Waals surface area (Å²) in [5.41, 5.74) is 2.46. The van der Waals surface area contributed by atoms with Crippen LogP contribution >= 0.6 is 0 Å². The number of benzene rings is 1. The number of hydrogen-bond donors (Lipinski definition) is 1. The van der Waals surface area contributed by atoms with Gasteiger partial charge < -0.3 is 5.32 Å². The maximum absolute atomic E-state index is 5.30. The lowest BCUT2D eigenvalue weighted by Crippen LogP contribution is -2.13. The van der Waals surface area contributed by atoms with Crippen molar-refractivity contribution in [2.75, 3.05) is 5.32 Å². The van der Waals surface area contributed by atoms with Crippen molar-refractivity contribution in [3.63, 3.8) is 0 Å². The van der Waals surface area contributed by atoms with Crippen LogP contribution in [0, 0.1) is 12.3 Å². The van der Waals surface area contributed by atoms with Crippen LogP contribution in [-0.2, 0) is 6.42 Å². The molecule has 0 aliphatic carbocycles. The van der Waals surface area contributed by atoms with Crippen molar-refractivity contribution in [2.45, 2.75) is 26.3 Å². The van der Waals surface area contributed by atoms with E-state index in [2.05, 4.69) is 30.3 Å². The van der Waals surface area contributed by atoms with Gasteiger partial charge in [0.05, 0.1) is 6.04 Å². The number of anilines is 1. The van der Waals surface area contributed by atoms with E-state index in [-0.39, 0.29) is 6.04 Å². The van der Waals surface area contributed by atoms with Gasteiger partial charge in [-0.05, 0) is 25.0 Å². The lowest BCUT2D eigenvalue weighted by molar-refractivity contribution is 1.02. The smallest absolute Gasteiger partial charge is 0.0845 e. The fourth-order valence-electron chi connectivity index (χ4n) is 1.24. The molecule has 1 N–H and O–H groups in total. The van der Waals surface area contributed by atoms with Crippen molar-refractivity contribution < 1.29 is 0 Å². The van der Waals surface area contributed by atoms with Crippen LogP contribution in [0.2, 0.25) is 0 Å². The van der Waals surface area contributed by atoms with Crippen molar-refractivity contribution >= 4 is 5.69 Å². The molecule has 1 nitrogen and oxygen atoms in total. The summed E-state index contributed by atoms with van der Waals surface area (Å²) in [5.74, 6) is 2.65. The Morgan fingerprint density at radius 2 is 2.15 bits per heavy atom. The Bertz CT molecular complexity index is 309. The summed E-state index contributed by atoms with van der Waals surface area (Å²) in [4.78, 5) is 0. The minimum Gasteiger partial charge on any atom is -0.372 e. The minimum atomic E-state index is 0.0905. The molecule has 1 heteroatoms. The Kier molecular flexibility index (Phi) is 3.40. The van der Waals surface area contributed by atoms with E-state index >= 15 is 0 Å². The SMILES string of the molecule is C#CC(C)Nc1ccccc1CC. The Morgan fingerprint density at radius 3 is 2.77 bits per heavy atom. The van der Waals surface area contributed by atoms with Gasteiger partial charge in [-0.3, -0.25) is 0 Å². The van der Waals surface area contributed by atoms with Crippen molar-refractivity contribution in [3.05, 3.63) is 29.8 Å². The Morgan fingerprint density at radius 1 is 1.46 bits per heavy atom. The van der Waals surface area contributed by atoms with Gasteiger partial charge in [0, 0.05) is 5.69 Å². The summed E-state index contributed by atoms with van der Waals surface area (Å²) in [6.07, 6.45) is 6.33. The zero-order valence-electron chi connectivity index (χ0n) is 8.17. The Balaban J connectivity index is 2.82. The number of nitrogens with one attached hydrogen (secondary N) is 1. The highest BCUT2D eigenvalue weighted by Gasteiger charge is 2.00. The first-order valence-electron chi connectivity index (χ1n) is 4.58. The molecule has 0 aromatic heterocycles. The lowest BCUT2D eigenvalue weighted by Gasteiger charge is -2.12. The molecule has 0 bridgehead atoms. The fraction of sp³-hybridized carbons (Fsp3) is 0.333. The van der Waals surface area contributed by atoms with Gasteiger partial charge in [-0.1, -0.05) is 31.0 Å². The number of hydrogen-bond acceptors (Lipinski definition) is 1. The molecular weight excluding hydrogens is 158 g/mol. The van der Waals surface area contributed by atoms with Crippen LogP contribution < -0.4 is 5.32 Å². The number of para-hydroxylation sites is 1. The maximum Gasteiger partial charge on any atom is 0.0845 e. The van der Waals surface area contributed by atoms with Crippen molar-refractivity contribution in [2.24, 2.45) is 0 Å². The van der Waals surface area contributed by atoms with E-state index in [9.17, 15) is 0 Å². The monoisotopic (exact) mass is 173 g/mol. The normalized spacial score (nSPS) is 11.8. The van der Waals surface area contributed by atoms with Crippen LogP contribution in [0.3, 0.4) is 0 Å². The fourth-order valence-corrected chi connectivity index (χ4v) is 1.24. The summed E-state index contributed by atoms with van der Waals surface area (Å²) in [6, 6.07) is 8.33. The first kappa shape index (κ1) is 9.67. The summed E-state index contributed by atoms with van der Waals surface area (Å²) in [5, 5.41) is 3.27. The second-order valence-electron chi connectivity index (χ2n) is 3.04. The summed E-state index contributed by atoms with van der Waals surface area (Å²) < 4.78 is 0. The zero-order chi connectivity index (χ0) is 9.68. The third kappa shape index (κ3) is 2.52. The highest BCUT2D eigenvalue weighted by Crippen LogP contribution is 2.15. The van der Waals surface area contributed by atoms with Crippen LogP contribution in [0.25, 0.3) is 0 Å². The molecule has 0 amide bonds. The van der Waals surface area contributed by atoms with Crippen molar-refractivity contribution in [1.82, 2.24) is 0 Å². The second kappa shape index (κ2) is 4.57. The highest BCUT2D eigenvalue weighted by atomic mass is 14.9. The van der Waals surface area contributed by atoms with Gasteiger partial charge in [0.2, 0.25) is 0 Å². The Hall–Kier alpha value is -1.42. The molecule has 1 unspecified atom stereocenters. The molecule has 0 radical (unpaired) electrons. The van der Waals surface area contributed by atoms with E-state index < -0.39 is 0 Å². The molecule has 0 saturated heterocycles. The minimum absolute atomic E-state index is 0.0905. The maximum atomic E-state index is 5.30. The van der Waals surface area contributed by atoms with Crippen LogP contribution in [-0.4, -0.2) is 6.04 Å².